The van der Waals surface area contributed by atoms with Gasteiger partial charge < -0.3 is 15.7 Å². The molecule has 1 amide bonds. The van der Waals surface area contributed by atoms with Gasteiger partial charge in [-0.05, 0) is 57.8 Å². The highest BCUT2D eigenvalue weighted by Crippen LogP contribution is 2.33. The van der Waals surface area contributed by atoms with E-state index in [1.807, 2.05) is 0 Å². The van der Waals surface area contributed by atoms with E-state index in [1.54, 1.807) is 0 Å². The van der Waals surface area contributed by atoms with Gasteiger partial charge in [-0.15, -0.1) is 0 Å². The van der Waals surface area contributed by atoms with Crippen molar-refractivity contribution in [2.24, 2.45) is 11.8 Å². The Kier molecular flexibility index (Phi) is 8.05. The van der Waals surface area contributed by atoms with Crippen LogP contribution >= 0.6 is 0 Å². The van der Waals surface area contributed by atoms with Gasteiger partial charge in [0.2, 0.25) is 5.91 Å². The fourth-order valence-electron chi connectivity index (χ4n) is 5.96. The maximum absolute atomic E-state index is 12.6. The number of nitrogens with zero attached hydrogens (tertiary/aromatic N) is 1. The number of rotatable bonds is 8. The summed E-state index contributed by atoms with van der Waals surface area (Å²) >= 11 is 0. The molecular weight excluding hydrogens is 402 g/mol. The Morgan fingerprint density at radius 2 is 1.88 bits per heavy atom. The van der Waals surface area contributed by atoms with Crippen molar-refractivity contribution >= 4 is 5.91 Å². The van der Waals surface area contributed by atoms with E-state index in [0.29, 0.717) is 12.0 Å². The van der Waals surface area contributed by atoms with Gasteiger partial charge in [0.25, 0.3) is 0 Å². The summed E-state index contributed by atoms with van der Waals surface area (Å²) in [6.07, 6.45) is 12.2. The number of carbonyl (C=O) groups excluding carboxylic acids is 1. The van der Waals surface area contributed by atoms with Crippen LogP contribution in [0.25, 0.3) is 0 Å². The molecule has 0 aromatic heterocycles. The third-order valence-corrected chi connectivity index (χ3v) is 8.06. The van der Waals surface area contributed by atoms with Gasteiger partial charge in [-0.2, -0.15) is 0 Å². The van der Waals surface area contributed by atoms with Crippen LogP contribution in [0.2, 0.25) is 0 Å². The molecule has 2 aliphatic carbocycles. The number of fused-ring (bicyclic) bond motifs is 2. The van der Waals surface area contributed by atoms with Crippen molar-refractivity contribution in [3.63, 3.8) is 0 Å². The van der Waals surface area contributed by atoms with Gasteiger partial charge in [0, 0.05) is 31.7 Å². The first-order valence-corrected chi connectivity index (χ1v) is 12.8. The molecule has 0 spiro atoms. The quantitative estimate of drug-likeness (QED) is 0.289. The Morgan fingerprint density at radius 3 is 2.62 bits per heavy atom. The number of nitrogens with one attached hydrogen (secondary N) is 4. The highest BCUT2D eigenvalue weighted by Gasteiger charge is 2.49. The monoisotopic (exact) mass is 445 g/mol. The first kappa shape index (κ1) is 23.9. The molecule has 7 nitrogen and oxygen atoms in total. The molecule has 7 atom stereocenters. The highest BCUT2D eigenvalue weighted by atomic mass is 16.3. The van der Waals surface area contributed by atoms with Gasteiger partial charge in [-0.3, -0.25) is 20.3 Å². The van der Waals surface area contributed by atoms with E-state index in [-0.39, 0.29) is 24.2 Å². The molecule has 0 saturated carbocycles. The standard InChI is InChI=1S/C25H43N5O2/c1-4-5-6-18-7-9-19(10-8-18)15-26-11-12-30-21-14-17(3)16(2)13-20(21)27-22-23(30)28-25(32)29-24(22)31/h7,9,18-23,25-28,32H,4-6,8,10-15H2,1-3H3,(H,29,31)/t18?,19?,20?,21?,22?,23-,25?/m0/s1. The van der Waals surface area contributed by atoms with Gasteiger partial charge in [0.1, 0.15) is 6.04 Å². The molecule has 4 aliphatic rings. The predicted octanol–water partition coefficient (Wildman–Crippen LogP) is 1.81. The molecule has 0 aromatic rings. The highest BCUT2D eigenvalue weighted by molar-refractivity contribution is 5.83. The van der Waals surface area contributed by atoms with Gasteiger partial charge >= 0.3 is 0 Å². The number of carbonyl (C=O) groups is 1. The molecule has 2 heterocycles. The molecule has 6 unspecified atom stereocenters. The molecule has 0 bridgehead atoms. The van der Waals surface area contributed by atoms with Crippen molar-refractivity contribution in [2.75, 3.05) is 19.6 Å². The smallest absolute Gasteiger partial charge is 0.243 e. The summed E-state index contributed by atoms with van der Waals surface area (Å²) in [6, 6.07) is 0.262. The number of aliphatic hydroxyl groups excluding tert-OH is 1. The number of piperazine rings is 1. The van der Waals surface area contributed by atoms with Gasteiger partial charge in [-0.1, -0.05) is 43.1 Å². The van der Waals surface area contributed by atoms with Crippen LogP contribution in [0.4, 0.5) is 0 Å². The van der Waals surface area contributed by atoms with Crippen LogP contribution in [0.15, 0.2) is 23.3 Å². The number of hydrogen-bond acceptors (Lipinski definition) is 6. The minimum atomic E-state index is -0.993. The second kappa shape index (κ2) is 10.8. The zero-order valence-electron chi connectivity index (χ0n) is 20.1. The summed E-state index contributed by atoms with van der Waals surface area (Å²) in [7, 11) is 0. The second-order valence-electron chi connectivity index (χ2n) is 10.4. The van der Waals surface area contributed by atoms with Crippen LogP contribution in [-0.2, 0) is 4.79 Å². The first-order chi connectivity index (χ1) is 15.5. The van der Waals surface area contributed by atoms with E-state index in [1.165, 1.54) is 43.3 Å². The average molecular weight is 446 g/mol. The topological polar surface area (TPSA) is 88.7 Å². The summed E-state index contributed by atoms with van der Waals surface area (Å²) in [5, 5.41) is 23.2. The number of amides is 1. The van der Waals surface area contributed by atoms with E-state index in [4.69, 9.17) is 0 Å². The van der Waals surface area contributed by atoms with Crippen LogP contribution < -0.4 is 21.3 Å². The van der Waals surface area contributed by atoms with Crippen LogP contribution in [-0.4, -0.2) is 66.2 Å². The molecule has 0 aromatic carbocycles. The third-order valence-electron chi connectivity index (χ3n) is 8.06. The predicted molar refractivity (Wildman–Crippen MR) is 128 cm³/mol. The van der Waals surface area contributed by atoms with Gasteiger partial charge in [-0.25, -0.2) is 0 Å². The molecular formula is C25H43N5O2. The normalized spacial score (nSPS) is 37.8. The molecule has 7 heteroatoms. The van der Waals surface area contributed by atoms with Crippen molar-refractivity contribution in [1.82, 2.24) is 26.2 Å². The van der Waals surface area contributed by atoms with E-state index in [2.05, 4.69) is 59.1 Å². The summed E-state index contributed by atoms with van der Waals surface area (Å²) in [4.78, 5) is 15.0. The molecule has 32 heavy (non-hydrogen) atoms. The lowest BCUT2D eigenvalue weighted by atomic mass is 9.81. The van der Waals surface area contributed by atoms with E-state index in [9.17, 15) is 9.90 Å². The minimum Gasteiger partial charge on any atom is -0.361 e. The SMILES string of the molecule is CCCCC1C=CC(CNCCN2C3CC(C)=C(C)CC3NC3C(=O)NC(O)N[C@H]32)CC1. The Labute approximate surface area is 193 Å². The zero-order valence-corrected chi connectivity index (χ0v) is 20.1. The van der Waals surface area contributed by atoms with E-state index < -0.39 is 6.35 Å². The average Bonchev–Trinajstić information content (AvgIpc) is 2.77. The Morgan fingerprint density at radius 1 is 1.12 bits per heavy atom. The van der Waals surface area contributed by atoms with E-state index >= 15 is 0 Å². The van der Waals surface area contributed by atoms with Crippen molar-refractivity contribution in [2.45, 2.75) is 96.4 Å². The molecule has 2 aliphatic heterocycles. The fraction of sp³-hybridized carbons (Fsp3) is 0.800. The Bertz CT molecular complexity index is 723. The third kappa shape index (κ3) is 5.45. The van der Waals surface area contributed by atoms with Crippen molar-refractivity contribution in [3.05, 3.63) is 23.3 Å². The minimum absolute atomic E-state index is 0.119. The summed E-state index contributed by atoms with van der Waals surface area (Å²) in [6.45, 7) is 9.46. The van der Waals surface area contributed by atoms with Crippen molar-refractivity contribution in [3.8, 4) is 0 Å². The first-order valence-electron chi connectivity index (χ1n) is 12.8. The Hall–Kier alpha value is -1.25. The van der Waals surface area contributed by atoms with Crippen molar-refractivity contribution < 1.29 is 9.90 Å². The van der Waals surface area contributed by atoms with Crippen LogP contribution in [0, 0.1) is 11.8 Å². The van der Waals surface area contributed by atoms with Crippen LogP contribution in [0.5, 0.6) is 0 Å². The lowest BCUT2D eigenvalue weighted by Crippen LogP contribution is -2.80. The summed E-state index contributed by atoms with van der Waals surface area (Å²) in [5.41, 5.74) is 2.89. The molecule has 2 saturated heterocycles. The summed E-state index contributed by atoms with van der Waals surface area (Å²) in [5.74, 6) is 1.28. The number of hydrogen-bond donors (Lipinski definition) is 5. The molecule has 0 radical (unpaired) electrons. The molecule has 2 fully saturated rings. The van der Waals surface area contributed by atoms with E-state index in [0.717, 1.165) is 38.4 Å². The lowest BCUT2D eigenvalue weighted by Gasteiger charge is -2.54. The van der Waals surface area contributed by atoms with Crippen molar-refractivity contribution in [1.29, 1.82) is 0 Å². The maximum Gasteiger partial charge on any atom is 0.243 e. The zero-order chi connectivity index (χ0) is 22.7. The van der Waals surface area contributed by atoms with Crippen LogP contribution in [0.1, 0.15) is 65.7 Å². The van der Waals surface area contributed by atoms with Gasteiger partial charge in [0.15, 0.2) is 6.35 Å². The van der Waals surface area contributed by atoms with Gasteiger partial charge in [0.05, 0.1) is 6.17 Å². The lowest BCUT2D eigenvalue weighted by molar-refractivity contribution is -0.141. The fourth-order valence-corrected chi connectivity index (χ4v) is 5.96. The number of allylic oxidation sites excluding steroid dienone is 1. The number of unbranched alkanes of at least 4 members (excludes halogenated alkanes) is 1. The number of aliphatic hydroxyl groups is 1. The second-order valence-corrected chi connectivity index (χ2v) is 10.4. The molecule has 180 valence electrons. The van der Waals surface area contributed by atoms with Crippen LogP contribution in [0.3, 0.4) is 0 Å². The largest absolute Gasteiger partial charge is 0.361 e. The summed E-state index contributed by atoms with van der Waals surface area (Å²) < 4.78 is 0. The maximum atomic E-state index is 12.6. The molecule has 4 rings (SSSR count). The Balaban J connectivity index is 1.33. The molecule has 5 N–H and O–H groups in total.